The van der Waals surface area contributed by atoms with Gasteiger partial charge in [-0.3, -0.25) is 9.59 Å². The van der Waals surface area contributed by atoms with Crippen LogP contribution in [0.4, 0.5) is 0 Å². The molecule has 2 unspecified atom stereocenters. The Hall–Kier alpha value is -2.96. The lowest BCUT2D eigenvalue weighted by atomic mass is 9.99. The second kappa shape index (κ2) is 14.3. The van der Waals surface area contributed by atoms with E-state index in [1.54, 1.807) is 6.08 Å². The minimum atomic E-state index is 0.0434. The van der Waals surface area contributed by atoms with Crippen LogP contribution in [0.3, 0.4) is 0 Å². The molecule has 6 heteroatoms. The molecule has 2 aliphatic heterocycles. The zero-order valence-corrected chi connectivity index (χ0v) is 22.6. The summed E-state index contributed by atoms with van der Waals surface area (Å²) in [6.07, 6.45) is 10.2. The summed E-state index contributed by atoms with van der Waals surface area (Å²) in [5.74, 6) is 1.35. The molecular weight excluding hydrogens is 474 g/mol. The molecule has 1 N–H and O–H groups in total. The van der Waals surface area contributed by atoms with Crippen molar-refractivity contribution in [1.29, 1.82) is 0 Å². The van der Waals surface area contributed by atoms with Crippen molar-refractivity contribution in [3.8, 4) is 0 Å². The molecule has 1 aliphatic carbocycles. The highest BCUT2D eigenvalue weighted by molar-refractivity contribution is 5.94. The molecule has 3 aliphatic rings. The van der Waals surface area contributed by atoms with Crippen molar-refractivity contribution < 1.29 is 14.8 Å². The lowest BCUT2D eigenvalue weighted by molar-refractivity contribution is -0.134. The third kappa shape index (κ3) is 7.55. The molecule has 2 saturated heterocycles. The largest absolute Gasteiger partial charge is 0.342 e. The van der Waals surface area contributed by atoms with Gasteiger partial charge in [-0.25, -0.2) is 0 Å². The van der Waals surface area contributed by atoms with Crippen LogP contribution in [0.2, 0.25) is 0 Å². The van der Waals surface area contributed by atoms with E-state index >= 15 is 0 Å². The molecule has 38 heavy (non-hydrogen) atoms. The Morgan fingerprint density at radius 2 is 1.55 bits per heavy atom. The number of carbonyl (C=O) groups excluding carboxylic acids is 2. The summed E-state index contributed by atoms with van der Waals surface area (Å²) in [6.45, 7) is 7.47. The predicted octanol–water partition coefficient (Wildman–Crippen LogP) is 5.75. The van der Waals surface area contributed by atoms with Gasteiger partial charge in [0, 0.05) is 56.2 Å². The SMILES string of the molecule is C=CCN(C(=O)c1ccccc1)C1CCCN(O)CC1.O=C(C1CCCC1)N1CCC(c2ccccc2)C1. The van der Waals surface area contributed by atoms with Gasteiger partial charge in [0.2, 0.25) is 5.91 Å². The molecule has 204 valence electrons. The predicted molar refractivity (Wildman–Crippen MR) is 151 cm³/mol. The van der Waals surface area contributed by atoms with E-state index in [0.29, 0.717) is 42.9 Å². The highest BCUT2D eigenvalue weighted by Gasteiger charge is 2.32. The maximum Gasteiger partial charge on any atom is 0.254 e. The van der Waals surface area contributed by atoms with E-state index < -0.39 is 0 Å². The summed E-state index contributed by atoms with van der Waals surface area (Å²) >= 11 is 0. The Morgan fingerprint density at radius 3 is 2.24 bits per heavy atom. The summed E-state index contributed by atoms with van der Waals surface area (Å²) in [4.78, 5) is 29.0. The molecule has 6 nitrogen and oxygen atoms in total. The molecule has 2 aromatic rings. The Kier molecular flexibility index (Phi) is 10.5. The van der Waals surface area contributed by atoms with Crippen molar-refractivity contribution in [1.82, 2.24) is 14.9 Å². The number of hydroxylamine groups is 2. The van der Waals surface area contributed by atoms with Crippen molar-refractivity contribution in [3.63, 3.8) is 0 Å². The third-order valence-corrected chi connectivity index (χ3v) is 8.20. The normalized spacial score (nSPS) is 22.3. The first-order valence-corrected chi connectivity index (χ1v) is 14.3. The van der Waals surface area contributed by atoms with Crippen molar-refractivity contribution in [3.05, 3.63) is 84.4 Å². The molecule has 2 aromatic carbocycles. The Balaban J connectivity index is 0.000000178. The van der Waals surface area contributed by atoms with E-state index in [0.717, 1.165) is 51.6 Å². The number of hydrogen-bond acceptors (Lipinski definition) is 4. The number of hydrogen-bond donors (Lipinski definition) is 1. The van der Waals surface area contributed by atoms with Gasteiger partial charge in [0.1, 0.15) is 0 Å². The zero-order valence-electron chi connectivity index (χ0n) is 22.6. The van der Waals surface area contributed by atoms with Crippen molar-refractivity contribution in [2.24, 2.45) is 5.92 Å². The average molecular weight is 518 g/mol. The smallest absolute Gasteiger partial charge is 0.254 e. The molecule has 0 radical (unpaired) electrons. The second-order valence-corrected chi connectivity index (χ2v) is 10.8. The Bertz CT molecular complexity index is 1020. The second-order valence-electron chi connectivity index (χ2n) is 10.8. The fraction of sp³-hybridized carbons (Fsp3) is 0.500. The number of amides is 2. The van der Waals surface area contributed by atoms with Crippen LogP contribution in [0.1, 0.15) is 73.2 Å². The van der Waals surface area contributed by atoms with Crippen LogP contribution < -0.4 is 0 Å². The quantitative estimate of drug-likeness (QED) is 0.496. The maximum absolute atomic E-state index is 12.6. The van der Waals surface area contributed by atoms with Crippen LogP contribution >= 0.6 is 0 Å². The minimum Gasteiger partial charge on any atom is -0.342 e. The number of likely N-dealkylation sites (tertiary alicyclic amines) is 1. The lowest BCUT2D eigenvalue weighted by Crippen LogP contribution is -2.41. The molecule has 0 bridgehead atoms. The molecular formula is C32H43N3O3. The first-order chi connectivity index (χ1) is 18.6. The van der Waals surface area contributed by atoms with Gasteiger partial charge in [-0.15, -0.1) is 6.58 Å². The van der Waals surface area contributed by atoms with Gasteiger partial charge in [0.05, 0.1) is 0 Å². The van der Waals surface area contributed by atoms with Crippen LogP contribution in [0.25, 0.3) is 0 Å². The third-order valence-electron chi connectivity index (χ3n) is 8.20. The fourth-order valence-electron chi connectivity index (χ4n) is 6.05. The number of carbonyl (C=O) groups is 2. The standard InChI is InChI=1S/C16H22N2O2.C16H21NO/c1-2-11-18(15-9-6-12-17(20)13-10-15)16(19)14-7-4-3-5-8-14;18-16(14-8-4-5-9-14)17-11-10-15(12-17)13-6-2-1-3-7-13/h2-5,7-8,15,20H,1,6,9-13H2;1-3,6-7,14-15H,4-5,8-12H2. The Morgan fingerprint density at radius 1 is 0.868 bits per heavy atom. The monoisotopic (exact) mass is 517 g/mol. The molecule has 5 rings (SSSR count). The Labute approximate surface area is 227 Å². The molecule has 1 saturated carbocycles. The van der Waals surface area contributed by atoms with E-state index in [4.69, 9.17) is 0 Å². The van der Waals surface area contributed by atoms with Gasteiger partial charge in [-0.05, 0) is 56.2 Å². The summed E-state index contributed by atoms with van der Waals surface area (Å²) < 4.78 is 0. The summed E-state index contributed by atoms with van der Waals surface area (Å²) in [6, 6.07) is 20.1. The van der Waals surface area contributed by atoms with Crippen LogP contribution in [0.15, 0.2) is 73.3 Å². The van der Waals surface area contributed by atoms with Crippen LogP contribution in [0.5, 0.6) is 0 Å². The number of benzene rings is 2. The highest BCUT2D eigenvalue weighted by atomic mass is 16.5. The average Bonchev–Trinajstić information content (AvgIpc) is 3.64. The van der Waals surface area contributed by atoms with Crippen LogP contribution in [0, 0.1) is 5.92 Å². The van der Waals surface area contributed by atoms with Crippen molar-refractivity contribution >= 4 is 11.8 Å². The van der Waals surface area contributed by atoms with Gasteiger partial charge >= 0.3 is 0 Å². The number of nitrogens with zero attached hydrogens (tertiary/aromatic N) is 3. The zero-order chi connectivity index (χ0) is 26.7. The first-order valence-electron chi connectivity index (χ1n) is 14.3. The van der Waals surface area contributed by atoms with Gasteiger partial charge in [-0.2, -0.15) is 5.06 Å². The molecule has 2 atom stereocenters. The highest BCUT2D eigenvalue weighted by Crippen LogP contribution is 2.32. The van der Waals surface area contributed by atoms with E-state index in [-0.39, 0.29) is 11.9 Å². The van der Waals surface area contributed by atoms with Gasteiger partial charge in [0.15, 0.2) is 0 Å². The van der Waals surface area contributed by atoms with E-state index in [1.807, 2.05) is 35.2 Å². The van der Waals surface area contributed by atoms with E-state index in [2.05, 4.69) is 41.8 Å². The van der Waals surface area contributed by atoms with Crippen LogP contribution in [-0.4, -0.2) is 70.7 Å². The topological polar surface area (TPSA) is 64.1 Å². The molecule has 2 heterocycles. The number of rotatable bonds is 6. The first kappa shape index (κ1) is 28.1. The van der Waals surface area contributed by atoms with E-state index in [1.165, 1.54) is 23.5 Å². The van der Waals surface area contributed by atoms with Crippen molar-refractivity contribution in [2.75, 3.05) is 32.7 Å². The summed E-state index contributed by atoms with van der Waals surface area (Å²) in [7, 11) is 0. The van der Waals surface area contributed by atoms with Gasteiger partial charge < -0.3 is 15.0 Å². The molecule has 3 fully saturated rings. The maximum atomic E-state index is 12.6. The molecule has 0 spiro atoms. The molecule has 2 amide bonds. The van der Waals surface area contributed by atoms with Crippen LogP contribution in [-0.2, 0) is 4.79 Å². The summed E-state index contributed by atoms with van der Waals surface area (Å²) in [5.41, 5.74) is 2.10. The van der Waals surface area contributed by atoms with E-state index in [9.17, 15) is 14.8 Å². The fourth-order valence-corrected chi connectivity index (χ4v) is 6.05. The van der Waals surface area contributed by atoms with Gasteiger partial charge in [-0.1, -0.05) is 67.4 Å². The van der Waals surface area contributed by atoms with Crippen molar-refractivity contribution in [2.45, 2.75) is 63.3 Å². The summed E-state index contributed by atoms with van der Waals surface area (Å²) in [5, 5.41) is 10.9. The van der Waals surface area contributed by atoms with Gasteiger partial charge in [0.25, 0.3) is 5.91 Å². The lowest BCUT2D eigenvalue weighted by Gasteiger charge is -2.30. The minimum absolute atomic E-state index is 0.0434. The molecule has 0 aromatic heterocycles.